The van der Waals surface area contributed by atoms with E-state index in [2.05, 4.69) is 0 Å². The van der Waals surface area contributed by atoms with Crippen molar-refractivity contribution in [1.82, 2.24) is 4.90 Å². The van der Waals surface area contributed by atoms with Crippen molar-refractivity contribution in [3.63, 3.8) is 0 Å². The second-order valence-electron chi connectivity index (χ2n) is 4.35. The molecule has 1 aromatic carbocycles. The first-order valence-corrected chi connectivity index (χ1v) is 5.99. The van der Waals surface area contributed by atoms with E-state index in [0.717, 1.165) is 31.3 Å². The van der Waals surface area contributed by atoms with Crippen LogP contribution in [0.2, 0.25) is 0 Å². The maximum Gasteiger partial charge on any atom is 0.339 e. The number of carbonyl (C=O) groups excluding carboxylic acids is 1. The Morgan fingerprint density at radius 2 is 1.80 bits per heavy atom. The van der Waals surface area contributed by atoms with Crippen LogP contribution >= 0.6 is 0 Å². The third kappa shape index (κ3) is 3.33. The van der Waals surface area contributed by atoms with E-state index in [1.165, 1.54) is 0 Å². The summed E-state index contributed by atoms with van der Waals surface area (Å²) in [4.78, 5) is 35.8. The first-order chi connectivity index (χ1) is 9.49. The molecule has 0 bridgehead atoms. The molecule has 2 N–H and O–H groups in total. The summed E-state index contributed by atoms with van der Waals surface area (Å²) in [7, 11) is 0. The molecule has 1 fully saturated rings. The zero-order valence-electron chi connectivity index (χ0n) is 10.5. The molecule has 0 amide bonds. The number of benzene rings is 1. The van der Waals surface area contributed by atoms with Crippen LogP contribution in [0.25, 0.3) is 0 Å². The highest BCUT2D eigenvalue weighted by Gasteiger charge is 2.21. The van der Waals surface area contributed by atoms with E-state index < -0.39 is 17.9 Å². The third-order valence-electron chi connectivity index (χ3n) is 2.90. The van der Waals surface area contributed by atoms with E-state index in [0.29, 0.717) is 6.54 Å². The Labute approximate surface area is 114 Å². The van der Waals surface area contributed by atoms with Crippen molar-refractivity contribution in [3.05, 3.63) is 34.9 Å². The van der Waals surface area contributed by atoms with Gasteiger partial charge in [-0.1, -0.05) is 0 Å². The quantitative estimate of drug-likeness (QED) is 0.579. The number of rotatable bonds is 6. The molecular weight excluding hydrogens is 266 g/mol. The summed E-state index contributed by atoms with van der Waals surface area (Å²) in [5.74, 6) is -3.37. The minimum atomic E-state index is -1.31. The molecule has 20 heavy (non-hydrogen) atoms. The fraction of sp³-hybridized carbons (Fsp3) is 0.308. The molecule has 0 atom stereocenters. The molecular formula is C13H13NO6. The Morgan fingerprint density at radius 1 is 1.10 bits per heavy atom. The number of hydrogen-bond acceptors (Lipinski definition) is 5. The van der Waals surface area contributed by atoms with E-state index in [4.69, 9.17) is 14.9 Å². The van der Waals surface area contributed by atoms with Gasteiger partial charge in [-0.2, -0.15) is 0 Å². The first kappa shape index (κ1) is 14.0. The van der Waals surface area contributed by atoms with Crippen molar-refractivity contribution in [2.75, 3.05) is 26.2 Å². The maximum absolute atomic E-state index is 11.8. The minimum Gasteiger partial charge on any atom is -0.478 e. The predicted molar refractivity (Wildman–Crippen MR) is 67.1 cm³/mol. The lowest BCUT2D eigenvalue weighted by atomic mass is 10.0. The summed E-state index contributed by atoms with van der Waals surface area (Å²) < 4.78 is 4.97. The summed E-state index contributed by atoms with van der Waals surface area (Å²) in [6.45, 7) is 2.67. The normalized spacial score (nSPS) is 13.8. The van der Waals surface area contributed by atoms with Crippen LogP contribution in [0, 0.1) is 0 Å². The van der Waals surface area contributed by atoms with Gasteiger partial charge in [-0.05, 0) is 18.2 Å². The molecule has 0 aromatic heterocycles. The lowest BCUT2D eigenvalue weighted by Crippen LogP contribution is -2.17. The van der Waals surface area contributed by atoms with E-state index >= 15 is 0 Å². The fourth-order valence-electron chi connectivity index (χ4n) is 1.67. The Hall–Kier alpha value is -2.41. The van der Waals surface area contributed by atoms with Gasteiger partial charge in [0.15, 0.2) is 0 Å². The molecule has 0 aliphatic carbocycles. The SMILES string of the molecule is O=C(O)c1ccc(C(=O)O)c(C(=O)OCCN2CC2)c1. The highest BCUT2D eigenvalue weighted by atomic mass is 16.5. The monoisotopic (exact) mass is 279 g/mol. The Kier molecular flexibility index (Phi) is 3.99. The molecule has 0 unspecified atom stereocenters. The van der Waals surface area contributed by atoms with Gasteiger partial charge in [-0.25, -0.2) is 14.4 Å². The van der Waals surface area contributed by atoms with Crippen LogP contribution in [0.15, 0.2) is 18.2 Å². The summed E-state index contributed by atoms with van der Waals surface area (Å²) >= 11 is 0. The van der Waals surface area contributed by atoms with Crippen molar-refractivity contribution < 1.29 is 29.3 Å². The van der Waals surface area contributed by atoms with Crippen molar-refractivity contribution in [2.45, 2.75) is 0 Å². The van der Waals surface area contributed by atoms with Gasteiger partial charge in [-0.3, -0.25) is 4.90 Å². The Balaban J connectivity index is 2.16. The molecule has 106 valence electrons. The standard InChI is InChI=1S/C13H13NO6/c15-11(16)8-1-2-9(12(17)18)10(7-8)13(19)20-6-5-14-3-4-14/h1-2,7H,3-6H2,(H,15,16)(H,17,18). The Morgan fingerprint density at radius 3 is 2.35 bits per heavy atom. The van der Waals surface area contributed by atoms with Crippen LogP contribution in [-0.2, 0) is 4.74 Å². The zero-order valence-corrected chi connectivity index (χ0v) is 10.5. The molecule has 1 saturated heterocycles. The highest BCUT2D eigenvalue weighted by Crippen LogP contribution is 2.14. The molecule has 1 aliphatic rings. The predicted octanol–water partition coefficient (Wildman–Crippen LogP) is 0.555. The summed E-state index contributed by atoms with van der Waals surface area (Å²) in [5.41, 5.74) is -0.678. The maximum atomic E-state index is 11.8. The summed E-state index contributed by atoms with van der Waals surface area (Å²) in [6.07, 6.45) is 0. The average Bonchev–Trinajstić information content (AvgIpc) is 3.21. The van der Waals surface area contributed by atoms with Gasteiger partial charge >= 0.3 is 17.9 Å². The van der Waals surface area contributed by atoms with Crippen LogP contribution in [0.3, 0.4) is 0 Å². The van der Waals surface area contributed by atoms with E-state index in [-0.39, 0.29) is 23.3 Å². The van der Waals surface area contributed by atoms with E-state index in [9.17, 15) is 14.4 Å². The number of carboxylic acid groups (broad SMARTS) is 2. The van der Waals surface area contributed by atoms with Crippen molar-refractivity contribution in [1.29, 1.82) is 0 Å². The fourth-order valence-corrected chi connectivity index (χ4v) is 1.67. The van der Waals surface area contributed by atoms with Crippen LogP contribution in [-0.4, -0.2) is 59.3 Å². The number of nitrogens with zero attached hydrogens (tertiary/aromatic N) is 1. The van der Waals surface area contributed by atoms with Gasteiger partial charge in [0.2, 0.25) is 0 Å². The van der Waals surface area contributed by atoms with Gasteiger partial charge in [0.25, 0.3) is 0 Å². The van der Waals surface area contributed by atoms with Gasteiger partial charge in [0.1, 0.15) is 6.61 Å². The lowest BCUT2D eigenvalue weighted by Gasteiger charge is -2.08. The van der Waals surface area contributed by atoms with Crippen LogP contribution in [0.5, 0.6) is 0 Å². The minimum absolute atomic E-state index is 0.148. The summed E-state index contributed by atoms with van der Waals surface area (Å²) in [6, 6.07) is 3.25. The molecule has 0 saturated carbocycles. The van der Waals surface area contributed by atoms with E-state index in [1.54, 1.807) is 0 Å². The average molecular weight is 279 g/mol. The van der Waals surface area contributed by atoms with E-state index in [1.807, 2.05) is 4.90 Å². The largest absolute Gasteiger partial charge is 0.478 e. The van der Waals surface area contributed by atoms with Gasteiger partial charge in [0.05, 0.1) is 16.7 Å². The zero-order chi connectivity index (χ0) is 14.7. The lowest BCUT2D eigenvalue weighted by molar-refractivity contribution is 0.0485. The molecule has 2 rings (SSSR count). The second kappa shape index (κ2) is 5.70. The van der Waals surface area contributed by atoms with Gasteiger partial charge in [-0.15, -0.1) is 0 Å². The number of hydrogen-bond donors (Lipinski definition) is 2. The molecule has 1 heterocycles. The Bertz CT molecular complexity index is 564. The molecule has 1 aromatic rings. The molecule has 0 radical (unpaired) electrons. The van der Waals surface area contributed by atoms with Crippen LogP contribution in [0.1, 0.15) is 31.1 Å². The number of carboxylic acids is 2. The topological polar surface area (TPSA) is 104 Å². The number of ether oxygens (including phenoxy) is 1. The van der Waals surface area contributed by atoms with Crippen LogP contribution in [0.4, 0.5) is 0 Å². The first-order valence-electron chi connectivity index (χ1n) is 5.99. The molecule has 7 heteroatoms. The van der Waals surface area contributed by atoms with Crippen molar-refractivity contribution in [2.24, 2.45) is 0 Å². The smallest absolute Gasteiger partial charge is 0.339 e. The van der Waals surface area contributed by atoms with Gasteiger partial charge in [0, 0.05) is 19.6 Å². The van der Waals surface area contributed by atoms with Gasteiger partial charge < -0.3 is 14.9 Å². The highest BCUT2D eigenvalue weighted by molar-refractivity contribution is 6.04. The second-order valence-corrected chi connectivity index (χ2v) is 4.35. The summed E-state index contributed by atoms with van der Waals surface area (Å²) in [5, 5.41) is 17.9. The third-order valence-corrected chi connectivity index (χ3v) is 2.90. The number of aromatic carboxylic acids is 2. The van der Waals surface area contributed by atoms with Crippen LogP contribution < -0.4 is 0 Å². The number of carbonyl (C=O) groups is 3. The van der Waals surface area contributed by atoms with Crippen molar-refractivity contribution in [3.8, 4) is 0 Å². The number of esters is 1. The van der Waals surface area contributed by atoms with Crippen molar-refractivity contribution >= 4 is 17.9 Å². The molecule has 0 spiro atoms. The molecule has 7 nitrogen and oxygen atoms in total. The molecule has 1 aliphatic heterocycles.